The Balaban J connectivity index is 2.29. The number of nitrogens with zero attached hydrogens (tertiary/aromatic N) is 1. The van der Waals surface area contributed by atoms with Crippen molar-refractivity contribution in [3.05, 3.63) is 30.1 Å². The molecular formula is C9H11FN2. The maximum atomic E-state index is 13.9. The molecule has 1 aromatic heterocycles. The van der Waals surface area contributed by atoms with E-state index in [9.17, 15) is 4.39 Å². The molecule has 1 atom stereocenters. The van der Waals surface area contributed by atoms with E-state index in [1.165, 1.54) is 0 Å². The van der Waals surface area contributed by atoms with E-state index >= 15 is 0 Å². The molecule has 64 valence electrons. The minimum absolute atomic E-state index is 0.415. The molecule has 3 heteroatoms. The monoisotopic (exact) mass is 166 g/mol. The van der Waals surface area contributed by atoms with Crippen LogP contribution in [0.3, 0.4) is 0 Å². The largest absolute Gasteiger partial charge is 0.313 e. The van der Waals surface area contributed by atoms with Gasteiger partial charge < -0.3 is 5.32 Å². The van der Waals surface area contributed by atoms with Gasteiger partial charge in [0.1, 0.15) is 0 Å². The van der Waals surface area contributed by atoms with Gasteiger partial charge in [0.15, 0.2) is 5.67 Å². The minimum atomic E-state index is -1.19. The van der Waals surface area contributed by atoms with E-state index in [0.717, 1.165) is 6.54 Å². The molecule has 1 aliphatic heterocycles. The van der Waals surface area contributed by atoms with Crippen molar-refractivity contribution < 1.29 is 4.39 Å². The maximum Gasteiger partial charge on any atom is 0.151 e. The van der Waals surface area contributed by atoms with Crippen molar-refractivity contribution in [2.24, 2.45) is 0 Å². The third-order valence-corrected chi connectivity index (χ3v) is 2.28. The molecule has 1 fully saturated rings. The second-order valence-electron chi connectivity index (χ2n) is 3.13. The van der Waals surface area contributed by atoms with Crippen molar-refractivity contribution >= 4 is 0 Å². The molecule has 2 rings (SSSR count). The first-order chi connectivity index (χ1) is 5.81. The average molecular weight is 166 g/mol. The Hall–Kier alpha value is -0.960. The van der Waals surface area contributed by atoms with Crippen LogP contribution in [0.4, 0.5) is 4.39 Å². The molecule has 0 bridgehead atoms. The summed E-state index contributed by atoms with van der Waals surface area (Å²) < 4.78 is 13.9. The van der Waals surface area contributed by atoms with Crippen LogP contribution in [0.1, 0.15) is 12.0 Å². The molecule has 1 aliphatic rings. The lowest BCUT2D eigenvalue weighted by molar-refractivity contribution is 0.193. The molecule has 2 heterocycles. The van der Waals surface area contributed by atoms with Crippen LogP contribution in [0, 0.1) is 0 Å². The smallest absolute Gasteiger partial charge is 0.151 e. The van der Waals surface area contributed by atoms with Gasteiger partial charge in [0.05, 0.1) is 0 Å². The van der Waals surface area contributed by atoms with Gasteiger partial charge in [-0.1, -0.05) is 6.07 Å². The van der Waals surface area contributed by atoms with Crippen LogP contribution >= 0.6 is 0 Å². The van der Waals surface area contributed by atoms with Crippen LogP contribution in [0.15, 0.2) is 24.5 Å². The number of pyridine rings is 1. The minimum Gasteiger partial charge on any atom is -0.313 e. The number of halogens is 1. The lowest BCUT2D eigenvalue weighted by atomic mass is 9.97. The van der Waals surface area contributed by atoms with Gasteiger partial charge in [0.2, 0.25) is 0 Å². The van der Waals surface area contributed by atoms with Crippen LogP contribution in [-0.2, 0) is 5.67 Å². The zero-order valence-electron chi connectivity index (χ0n) is 6.76. The first-order valence-electron chi connectivity index (χ1n) is 4.11. The zero-order chi connectivity index (χ0) is 8.44. The van der Waals surface area contributed by atoms with E-state index in [1.807, 2.05) is 0 Å². The van der Waals surface area contributed by atoms with Crippen molar-refractivity contribution in [1.29, 1.82) is 0 Å². The van der Waals surface area contributed by atoms with E-state index in [1.54, 1.807) is 24.5 Å². The fourth-order valence-electron chi connectivity index (χ4n) is 1.54. The van der Waals surface area contributed by atoms with Crippen molar-refractivity contribution in [2.75, 3.05) is 13.1 Å². The van der Waals surface area contributed by atoms with E-state index in [4.69, 9.17) is 0 Å². The van der Waals surface area contributed by atoms with Crippen LogP contribution < -0.4 is 5.32 Å². The number of hydrogen-bond acceptors (Lipinski definition) is 2. The molecule has 0 aliphatic carbocycles. The van der Waals surface area contributed by atoms with Crippen LogP contribution in [0.2, 0.25) is 0 Å². The first kappa shape index (κ1) is 7.68. The van der Waals surface area contributed by atoms with Gasteiger partial charge >= 0.3 is 0 Å². The van der Waals surface area contributed by atoms with Gasteiger partial charge in [0, 0.05) is 24.5 Å². The highest BCUT2D eigenvalue weighted by Crippen LogP contribution is 2.31. The lowest BCUT2D eigenvalue weighted by Crippen LogP contribution is -2.23. The number of hydrogen-bond donors (Lipinski definition) is 1. The van der Waals surface area contributed by atoms with Crippen LogP contribution in [0.5, 0.6) is 0 Å². The molecule has 1 N–H and O–H groups in total. The molecular weight excluding hydrogens is 155 g/mol. The second-order valence-corrected chi connectivity index (χ2v) is 3.13. The summed E-state index contributed by atoms with van der Waals surface area (Å²) >= 11 is 0. The SMILES string of the molecule is F[C@]1(c2cccnc2)CCNC1. The third-order valence-electron chi connectivity index (χ3n) is 2.28. The standard InChI is InChI=1S/C9H11FN2/c10-9(3-5-12-7-9)8-2-1-4-11-6-8/h1-2,4,6,12H,3,5,7H2/t9-/m1/s1. The van der Waals surface area contributed by atoms with Gasteiger partial charge in [-0.15, -0.1) is 0 Å². The normalized spacial score (nSPS) is 29.1. The first-order valence-corrected chi connectivity index (χ1v) is 4.11. The summed E-state index contributed by atoms with van der Waals surface area (Å²) in [6.45, 7) is 1.17. The Labute approximate surface area is 70.8 Å². The summed E-state index contributed by atoms with van der Waals surface area (Å²) in [6.07, 6.45) is 3.82. The molecule has 0 unspecified atom stereocenters. The highest BCUT2D eigenvalue weighted by atomic mass is 19.1. The van der Waals surface area contributed by atoms with Crippen molar-refractivity contribution in [1.82, 2.24) is 10.3 Å². The topological polar surface area (TPSA) is 24.9 Å². The highest BCUT2D eigenvalue weighted by Gasteiger charge is 2.35. The third kappa shape index (κ3) is 1.20. The molecule has 0 saturated carbocycles. The Morgan fingerprint density at radius 2 is 2.50 bits per heavy atom. The second kappa shape index (κ2) is 2.83. The predicted molar refractivity (Wildman–Crippen MR) is 44.5 cm³/mol. The quantitative estimate of drug-likeness (QED) is 0.679. The molecule has 0 spiro atoms. The van der Waals surface area contributed by atoms with Crippen molar-refractivity contribution in [3.63, 3.8) is 0 Å². The summed E-state index contributed by atoms with van der Waals surface area (Å²) in [6, 6.07) is 3.56. The Bertz CT molecular complexity index is 254. The summed E-state index contributed by atoms with van der Waals surface area (Å²) in [5, 5.41) is 3.01. The molecule has 0 amide bonds. The lowest BCUT2D eigenvalue weighted by Gasteiger charge is -2.17. The van der Waals surface area contributed by atoms with E-state index in [-0.39, 0.29) is 0 Å². The fourth-order valence-corrected chi connectivity index (χ4v) is 1.54. The maximum absolute atomic E-state index is 13.9. The summed E-state index contributed by atoms with van der Waals surface area (Å²) in [7, 11) is 0. The Morgan fingerprint density at radius 3 is 3.08 bits per heavy atom. The summed E-state index contributed by atoms with van der Waals surface area (Å²) in [5.74, 6) is 0. The number of nitrogens with one attached hydrogen (secondary N) is 1. The van der Waals surface area contributed by atoms with Crippen molar-refractivity contribution in [2.45, 2.75) is 12.1 Å². The van der Waals surface area contributed by atoms with Gasteiger partial charge in [-0.25, -0.2) is 4.39 Å². The predicted octanol–water partition coefficient (Wildman–Crippen LogP) is 1.24. The van der Waals surface area contributed by atoms with Gasteiger partial charge in [0.25, 0.3) is 0 Å². The van der Waals surface area contributed by atoms with Gasteiger partial charge in [-0.05, 0) is 19.0 Å². The summed E-state index contributed by atoms with van der Waals surface area (Å²) in [5.41, 5.74) is -0.496. The summed E-state index contributed by atoms with van der Waals surface area (Å²) in [4.78, 5) is 3.91. The average Bonchev–Trinajstić information content (AvgIpc) is 2.55. The fraction of sp³-hybridized carbons (Fsp3) is 0.444. The molecule has 12 heavy (non-hydrogen) atoms. The number of alkyl halides is 1. The molecule has 1 saturated heterocycles. The molecule has 0 aromatic carbocycles. The van der Waals surface area contributed by atoms with E-state index in [0.29, 0.717) is 18.5 Å². The number of aromatic nitrogens is 1. The van der Waals surface area contributed by atoms with Crippen LogP contribution in [-0.4, -0.2) is 18.1 Å². The zero-order valence-corrected chi connectivity index (χ0v) is 6.76. The Kier molecular flexibility index (Phi) is 1.81. The van der Waals surface area contributed by atoms with Gasteiger partial charge in [-0.3, -0.25) is 4.98 Å². The van der Waals surface area contributed by atoms with Crippen LogP contribution in [0.25, 0.3) is 0 Å². The van der Waals surface area contributed by atoms with E-state index in [2.05, 4.69) is 10.3 Å². The molecule has 1 aromatic rings. The number of rotatable bonds is 1. The Morgan fingerprint density at radius 1 is 1.58 bits per heavy atom. The highest BCUT2D eigenvalue weighted by molar-refractivity contribution is 5.20. The van der Waals surface area contributed by atoms with E-state index < -0.39 is 5.67 Å². The van der Waals surface area contributed by atoms with Gasteiger partial charge in [-0.2, -0.15) is 0 Å². The molecule has 0 radical (unpaired) electrons. The van der Waals surface area contributed by atoms with Crippen molar-refractivity contribution in [3.8, 4) is 0 Å². The molecule has 2 nitrogen and oxygen atoms in total.